The van der Waals surface area contributed by atoms with Crippen LogP contribution in [0.3, 0.4) is 0 Å². The Bertz CT molecular complexity index is 699. The molecule has 1 aromatic heterocycles. The molecule has 0 aliphatic carbocycles. The van der Waals surface area contributed by atoms with E-state index in [2.05, 4.69) is 10.3 Å². The van der Waals surface area contributed by atoms with Crippen molar-refractivity contribution in [2.24, 2.45) is 5.92 Å². The third-order valence-electron chi connectivity index (χ3n) is 4.79. The molecule has 0 spiro atoms. The van der Waals surface area contributed by atoms with E-state index >= 15 is 0 Å². The average molecular weight is 340 g/mol. The first-order valence-electron chi connectivity index (χ1n) is 8.71. The minimum absolute atomic E-state index is 0.0267. The summed E-state index contributed by atoms with van der Waals surface area (Å²) in [5, 5.41) is 3.04. The van der Waals surface area contributed by atoms with Gasteiger partial charge in [0.15, 0.2) is 0 Å². The van der Waals surface area contributed by atoms with Gasteiger partial charge >= 0.3 is 0 Å². The molecule has 1 fully saturated rings. The number of rotatable bonds is 6. The molecule has 0 radical (unpaired) electrons. The lowest BCUT2D eigenvalue weighted by atomic mass is 9.84. The minimum Gasteiger partial charge on any atom is -0.356 e. The fourth-order valence-corrected chi connectivity index (χ4v) is 3.44. The number of nitrogens with zero attached hydrogens (tertiary/aromatic N) is 3. The van der Waals surface area contributed by atoms with Crippen LogP contribution in [0.25, 0.3) is 0 Å². The van der Waals surface area contributed by atoms with Crippen LogP contribution in [0.1, 0.15) is 30.9 Å². The molecule has 0 unspecified atom stereocenters. The molecule has 1 saturated heterocycles. The van der Waals surface area contributed by atoms with E-state index in [-0.39, 0.29) is 23.8 Å². The third kappa shape index (κ3) is 4.07. The molecule has 1 N–H and O–H groups in total. The van der Waals surface area contributed by atoms with Crippen molar-refractivity contribution in [2.45, 2.75) is 31.8 Å². The van der Waals surface area contributed by atoms with Crippen molar-refractivity contribution in [2.75, 3.05) is 13.6 Å². The molecule has 6 nitrogen and oxygen atoms in total. The normalized spacial score (nSPS) is 20.5. The van der Waals surface area contributed by atoms with Gasteiger partial charge in [-0.2, -0.15) is 0 Å². The van der Waals surface area contributed by atoms with Crippen molar-refractivity contribution in [3.8, 4) is 0 Å². The molecular formula is C19H24N4O2. The fourth-order valence-electron chi connectivity index (χ4n) is 3.44. The molecule has 132 valence electrons. The van der Waals surface area contributed by atoms with Crippen LogP contribution in [0.15, 0.2) is 49.1 Å². The topological polar surface area (TPSA) is 67.2 Å². The summed E-state index contributed by atoms with van der Waals surface area (Å²) in [6.07, 6.45) is 7.30. The number of aromatic nitrogens is 2. The van der Waals surface area contributed by atoms with Gasteiger partial charge in [-0.05, 0) is 18.4 Å². The SMILES string of the molecule is CN1C(=O)CC[C@@H](C(=O)NCCCn2ccnc2)[C@H]1c1ccccc1. The zero-order valence-electron chi connectivity index (χ0n) is 14.5. The molecule has 25 heavy (non-hydrogen) atoms. The van der Waals surface area contributed by atoms with E-state index in [0.29, 0.717) is 19.4 Å². The number of carbonyl (C=O) groups is 2. The van der Waals surface area contributed by atoms with E-state index in [1.807, 2.05) is 41.1 Å². The lowest BCUT2D eigenvalue weighted by Crippen LogP contribution is -2.46. The van der Waals surface area contributed by atoms with Crippen LogP contribution in [0.5, 0.6) is 0 Å². The quantitative estimate of drug-likeness (QED) is 0.818. The maximum Gasteiger partial charge on any atom is 0.225 e. The van der Waals surface area contributed by atoms with E-state index in [1.54, 1.807) is 24.5 Å². The van der Waals surface area contributed by atoms with Crippen molar-refractivity contribution in [3.63, 3.8) is 0 Å². The number of hydrogen-bond donors (Lipinski definition) is 1. The largest absolute Gasteiger partial charge is 0.356 e. The molecular weight excluding hydrogens is 316 g/mol. The van der Waals surface area contributed by atoms with Crippen molar-refractivity contribution in [1.29, 1.82) is 0 Å². The highest BCUT2D eigenvalue weighted by molar-refractivity contribution is 5.84. The Labute approximate surface area is 147 Å². The summed E-state index contributed by atoms with van der Waals surface area (Å²) < 4.78 is 1.99. The van der Waals surface area contributed by atoms with Gasteiger partial charge in [-0.1, -0.05) is 30.3 Å². The molecule has 2 aromatic rings. The zero-order chi connectivity index (χ0) is 17.6. The number of hydrogen-bond acceptors (Lipinski definition) is 3. The maximum absolute atomic E-state index is 12.7. The lowest BCUT2D eigenvalue weighted by molar-refractivity contribution is -0.141. The molecule has 1 aromatic carbocycles. The van der Waals surface area contributed by atoms with Crippen molar-refractivity contribution >= 4 is 11.8 Å². The number of benzene rings is 1. The summed E-state index contributed by atoms with van der Waals surface area (Å²) in [5.41, 5.74) is 1.01. The third-order valence-corrected chi connectivity index (χ3v) is 4.79. The number of imidazole rings is 1. The minimum atomic E-state index is -0.210. The number of piperidine rings is 1. The first-order chi connectivity index (χ1) is 12.2. The Hall–Kier alpha value is -2.63. The second-order valence-electron chi connectivity index (χ2n) is 6.45. The smallest absolute Gasteiger partial charge is 0.225 e. The molecule has 0 saturated carbocycles. The highest BCUT2D eigenvalue weighted by atomic mass is 16.2. The Kier molecular flexibility index (Phi) is 5.48. The lowest BCUT2D eigenvalue weighted by Gasteiger charge is -2.38. The zero-order valence-corrected chi connectivity index (χ0v) is 14.5. The summed E-state index contributed by atoms with van der Waals surface area (Å²) in [5.74, 6) is -0.0878. The maximum atomic E-state index is 12.7. The number of carbonyl (C=O) groups excluding carboxylic acids is 2. The predicted molar refractivity (Wildman–Crippen MR) is 94.5 cm³/mol. The van der Waals surface area contributed by atoms with Crippen LogP contribution in [-0.2, 0) is 16.1 Å². The highest BCUT2D eigenvalue weighted by Crippen LogP contribution is 2.35. The number of amides is 2. The summed E-state index contributed by atoms with van der Waals surface area (Å²) in [4.78, 5) is 30.6. The summed E-state index contributed by atoms with van der Waals surface area (Å²) in [6, 6.07) is 9.61. The van der Waals surface area contributed by atoms with Gasteiger partial charge in [-0.25, -0.2) is 4.98 Å². The van der Waals surface area contributed by atoms with Gasteiger partial charge in [-0.3, -0.25) is 9.59 Å². The number of aryl methyl sites for hydroxylation is 1. The Morgan fingerprint density at radius 3 is 2.84 bits per heavy atom. The number of nitrogens with one attached hydrogen (secondary N) is 1. The van der Waals surface area contributed by atoms with Crippen LogP contribution in [0.4, 0.5) is 0 Å². The molecule has 6 heteroatoms. The van der Waals surface area contributed by atoms with E-state index in [4.69, 9.17) is 0 Å². The van der Waals surface area contributed by atoms with Gasteiger partial charge in [0.1, 0.15) is 0 Å². The average Bonchev–Trinajstić information content (AvgIpc) is 3.15. The van der Waals surface area contributed by atoms with Gasteiger partial charge in [0.2, 0.25) is 11.8 Å². The van der Waals surface area contributed by atoms with Gasteiger partial charge in [-0.15, -0.1) is 0 Å². The second-order valence-corrected chi connectivity index (χ2v) is 6.45. The molecule has 3 rings (SSSR count). The first-order valence-corrected chi connectivity index (χ1v) is 8.71. The van der Waals surface area contributed by atoms with E-state index in [9.17, 15) is 9.59 Å². The molecule has 2 amide bonds. The van der Waals surface area contributed by atoms with Gasteiger partial charge in [0.05, 0.1) is 18.3 Å². The van der Waals surface area contributed by atoms with Crippen molar-refractivity contribution in [3.05, 3.63) is 54.6 Å². The first kappa shape index (κ1) is 17.2. The van der Waals surface area contributed by atoms with E-state index in [0.717, 1.165) is 18.5 Å². The van der Waals surface area contributed by atoms with E-state index in [1.165, 1.54) is 0 Å². The molecule has 0 bridgehead atoms. The number of likely N-dealkylation sites (tertiary alicyclic amines) is 1. The molecule has 1 aliphatic rings. The van der Waals surface area contributed by atoms with Crippen LogP contribution < -0.4 is 5.32 Å². The van der Waals surface area contributed by atoms with E-state index < -0.39 is 0 Å². The predicted octanol–water partition coefficient (Wildman–Crippen LogP) is 2.00. The summed E-state index contributed by atoms with van der Waals surface area (Å²) >= 11 is 0. The van der Waals surface area contributed by atoms with Crippen molar-refractivity contribution < 1.29 is 9.59 Å². The Balaban J connectivity index is 1.61. The van der Waals surface area contributed by atoms with Crippen LogP contribution in [0.2, 0.25) is 0 Å². The second kappa shape index (κ2) is 7.96. The molecule has 2 atom stereocenters. The van der Waals surface area contributed by atoms with Crippen LogP contribution >= 0.6 is 0 Å². The molecule has 2 heterocycles. The highest BCUT2D eigenvalue weighted by Gasteiger charge is 2.38. The monoisotopic (exact) mass is 340 g/mol. The van der Waals surface area contributed by atoms with Gasteiger partial charge in [0, 0.05) is 39.0 Å². The van der Waals surface area contributed by atoms with Crippen LogP contribution in [-0.4, -0.2) is 39.9 Å². The standard InChI is InChI=1S/C19H24N4O2/c1-22-17(24)9-8-16(18(22)15-6-3-2-4-7-15)19(25)21-10-5-12-23-13-11-20-14-23/h2-4,6-7,11,13-14,16,18H,5,8-10,12H2,1H3,(H,21,25)/t16-,18-/m1/s1. The fraction of sp³-hybridized carbons (Fsp3) is 0.421. The summed E-state index contributed by atoms with van der Waals surface area (Å²) in [6.45, 7) is 1.44. The Morgan fingerprint density at radius 2 is 2.12 bits per heavy atom. The van der Waals surface area contributed by atoms with Crippen molar-refractivity contribution in [1.82, 2.24) is 19.8 Å². The van der Waals surface area contributed by atoms with Gasteiger partial charge in [0.25, 0.3) is 0 Å². The van der Waals surface area contributed by atoms with Crippen LogP contribution in [0, 0.1) is 5.92 Å². The Morgan fingerprint density at radius 1 is 1.32 bits per heavy atom. The molecule has 1 aliphatic heterocycles. The van der Waals surface area contributed by atoms with Gasteiger partial charge < -0.3 is 14.8 Å². The summed E-state index contributed by atoms with van der Waals surface area (Å²) in [7, 11) is 1.79.